The number of rotatable bonds is 7. The molecule has 6 nitrogen and oxygen atoms in total. The lowest BCUT2D eigenvalue weighted by Gasteiger charge is -2.30. The molecule has 6 heteroatoms. The summed E-state index contributed by atoms with van der Waals surface area (Å²) < 4.78 is 1.19. The molecule has 23 heavy (non-hydrogen) atoms. The van der Waals surface area contributed by atoms with Gasteiger partial charge in [-0.2, -0.15) is 5.10 Å². The van der Waals surface area contributed by atoms with Crippen molar-refractivity contribution in [3.8, 4) is 0 Å². The number of carboxylic acids is 1. The molecular formula is C17H27N3O3. The van der Waals surface area contributed by atoms with Gasteiger partial charge < -0.3 is 10.0 Å². The molecule has 1 aliphatic heterocycles. The fraction of sp³-hybridized carbons (Fsp3) is 0.706. The van der Waals surface area contributed by atoms with Crippen LogP contribution in [0.3, 0.4) is 0 Å². The van der Waals surface area contributed by atoms with Gasteiger partial charge in [0.05, 0.1) is 5.69 Å². The number of likely N-dealkylation sites (tertiary alicyclic amines) is 1. The van der Waals surface area contributed by atoms with Gasteiger partial charge in [0.2, 0.25) is 0 Å². The zero-order chi connectivity index (χ0) is 17.1. The zero-order valence-electron chi connectivity index (χ0n) is 14.5. The summed E-state index contributed by atoms with van der Waals surface area (Å²) in [5, 5.41) is 13.9. The van der Waals surface area contributed by atoms with Crippen LogP contribution in [-0.2, 0) is 11.2 Å². The molecule has 0 radical (unpaired) electrons. The van der Waals surface area contributed by atoms with Crippen molar-refractivity contribution in [2.24, 2.45) is 5.92 Å². The summed E-state index contributed by atoms with van der Waals surface area (Å²) in [4.78, 5) is 26.5. The van der Waals surface area contributed by atoms with Crippen LogP contribution in [0.4, 0.5) is 0 Å². The lowest BCUT2D eigenvalue weighted by atomic mass is 10.0. The summed E-state index contributed by atoms with van der Waals surface area (Å²) in [6.45, 7) is 10.7. The van der Waals surface area contributed by atoms with Crippen molar-refractivity contribution < 1.29 is 9.90 Å². The molecule has 0 bridgehead atoms. The van der Waals surface area contributed by atoms with Crippen LogP contribution in [0.5, 0.6) is 0 Å². The Morgan fingerprint density at radius 1 is 1.26 bits per heavy atom. The molecule has 0 unspecified atom stereocenters. The van der Waals surface area contributed by atoms with Gasteiger partial charge in [-0.3, -0.25) is 4.79 Å². The summed E-state index contributed by atoms with van der Waals surface area (Å²) >= 11 is 0. The Labute approximate surface area is 137 Å². The van der Waals surface area contributed by atoms with Crippen LogP contribution in [0.2, 0.25) is 0 Å². The van der Waals surface area contributed by atoms with E-state index in [0.29, 0.717) is 12.0 Å². The second-order valence-corrected chi connectivity index (χ2v) is 6.88. The van der Waals surface area contributed by atoms with Gasteiger partial charge >= 0.3 is 5.97 Å². The van der Waals surface area contributed by atoms with E-state index in [1.54, 1.807) is 6.92 Å². The van der Waals surface area contributed by atoms with Gasteiger partial charge in [0, 0.05) is 18.5 Å². The number of carboxylic acid groups (broad SMARTS) is 1. The Morgan fingerprint density at radius 3 is 2.39 bits per heavy atom. The van der Waals surface area contributed by atoms with Crippen LogP contribution in [0, 0.1) is 19.8 Å². The molecule has 2 rings (SSSR count). The molecule has 0 amide bonds. The lowest BCUT2D eigenvalue weighted by Crippen LogP contribution is -2.39. The maximum Gasteiger partial charge on any atom is 0.328 e. The predicted octanol–water partition coefficient (Wildman–Crippen LogP) is 1.78. The SMILES string of the molecule is Cc1c(CCN2CCC2)nn([C@@H](CC(C)C)C(=O)O)c(=O)c1C. The van der Waals surface area contributed by atoms with E-state index in [9.17, 15) is 14.7 Å². The topological polar surface area (TPSA) is 75.4 Å². The molecule has 1 aromatic heterocycles. The van der Waals surface area contributed by atoms with Crippen molar-refractivity contribution in [1.82, 2.24) is 14.7 Å². The molecular weight excluding hydrogens is 294 g/mol. The van der Waals surface area contributed by atoms with Crippen LogP contribution in [0.1, 0.15) is 49.6 Å². The number of nitrogens with zero attached hydrogens (tertiary/aromatic N) is 3. The van der Waals surface area contributed by atoms with Crippen molar-refractivity contribution >= 4 is 5.97 Å². The third-order valence-corrected chi connectivity index (χ3v) is 4.64. The number of carbonyl (C=O) groups is 1. The van der Waals surface area contributed by atoms with E-state index >= 15 is 0 Å². The Hall–Kier alpha value is -1.69. The number of aliphatic carboxylic acids is 1. The Kier molecular flexibility index (Phi) is 5.57. The second-order valence-electron chi connectivity index (χ2n) is 6.88. The molecule has 1 N–H and O–H groups in total. The molecule has 1 saturated heterocycles. The third kappa shape index (κ3) is 3.99. The van der Waals surface area contributed by atoms with Gasteiger partial charge in [0.1, 0.15) is 0 Å². The van der Waals surface area contributed by atoms with Crippen molar-refractivity contribution in [3.05, 3.63) is 27.2 Å². The third-order valence-electron chi connectivity index (χ3n) is 4.64. The summed E-state index contributed by atoms with van der Waals surface area (Å²) in [6.07, 6.45) is 2.39. The highest BCUT2D eigenvalue weighted by Gasteiger charge is 2.25. The monoisotopic (exact) mass is 321 g/mol. The van der Waals surface area contributed by atoms with E-state index in [1.165, 1.54) is 11.1 Å². The number of hydrogen-bond acceptors (Lipinski definition) is 4. The average molecular weight is 321 g/mol. The van der Waals surface area contributed by atoms with Crippen molar-refractivity contribution in [1.29, 1.82) is 0 Å². The van der Waals surface area contributed by atoms with Gasteiger partial charge in [0.15, 0.2) is 6.04 Å². The standard InChI is InChI=1S/C17H27N3O3/c1-11(2)10-15(17(22)23)20-16(21)13(4)12(3)14(18-20)6-9-19-7-5-8-19/h11,15H,5-10H2,1-4H3,(H,22,23)/t15-/m0/s1. The summed E-state index contributed by atoms with van der Waals surface area (Å²) in [6, 6.07) is -0.899. The molecule has 1 atom stereocenters. The fourth-order valence-corrected chi connectivity index (χ4v) is 2.87. The first-order valence-corrected chi connectivity index (χ1v) is 8.35. The van der Waals surface area contributed by atoms with Gasteiger partial charge in [-0.1, -0.05) is 13.8 Å². The zero-order valence-corrected chi connectivity index (χ0v) is 14.5. The van der Waals surface area contributed by atoms with Crippen LogP contribution in [-0.4, -0.2) is 45.4 Å². The van der Waals surface area contributed by atoms with E-state index < -0.39 is 12.0 Å². The highest BCUT2D eigenvalue weighted by atomic mass is 16.4. The van der Waals surface area contributed by atoms with Gasteiger partial charge in [-0.05, 0) is 51.3 Å². The second kappa shape index (κ2) is 7.25. The van der Waals surface area contributed by atoms with Gasteiger partial charge in [-0.25, -0.2) is 9.48 Å². The maximum atomic E-state index is 12.5. The number of aromatic nitrogens is 2. The van der Waals surface area contributed by atoms with E-state index in [2.05, 4.69) is 10.00 Å². The minimum atomic E-state index is -0.995. The summed E-state index contributed by atoms with van der Waals surface area (Å²) in [5.74, 6) is -0.818. The minimum Gasteiger partial charge on any atom is -0.480 e. The molecule has 1 fully saturated rings. The van der Waals surface area contributed by atoms with Crippen molar-refractivity contribution in [2.75, 3.05) is 19.6 Å². The van der Waals surface area contributed by atoms with E-state index in [0.717, 1.165) is 37.3 Å². The van der Waals surface area contributed by atoms with E-state index in [1.807, 2.05) is 20.8 Å². The first-order valence-electron chi connectivity index (χ1n) is 8.35. The lowest BCUT2D eigenvalue weighted by molar-refractivity contribution is -0.141. The van der Waals surface area contributed by atoms with Crippen molar-refractivity contribution in [3.63, 3.8) is 0 Å². The van der Waals surface area contributed by atoms with Crippen molar-refractivity contribution in [2.45, 2.75) is 53.0 Å². The Morgan fingerprint density at radius 2 is 1.91 bits per heavy atom. The molecule has 2 heterocycles. The Bertz CT molecular complexity index is 633. The van der Waals surface area contributed by atoms with Crippen LogP contribution < -0.4 is 5.56 Å². The maximum absolute atomic E-state index is 12.5. The largest absolute Gasteiger partial charge is 0.480 e. The van der Waals surface area contributed by atoms with Crippen LogP contribution in [0.25, 0.3) is 0 Å². The van der Waals surface area contributed by atoms with E-state index in [4.69, 9.17) is 0 Å². The highest BCUT2D eigenvalue weighted by molar-refractivity contribution is 5.71. The Balaban J connectivity index is 2.35. The van der Waals surface area contributed by atoms with Crippen LogP contribution in [0.15, 0.2) is 4.79 Å². The normalized spacial score (nSPS) is 16.4. The molecule has 1 aliphatic rings. The molecule has 1 aromatic rings. The quantitative estimate of drug-likeness (QED) is 0.828. The van der Waals surface area contributed by atoms with Crippen LogP contribution >= 0.6 is 0 Å². The predicted molar refractivity (Wildman–Crippen MR) is 88.9 cm³/mol. The average Bonchev–Trinajstić information content (AvgIpc) is 2.43. The fourth-order valence-electron chi connectivity index (χ4n) is 2.87. The molecule has 128 valence electrons. The van der Waals surface area contributed by atoms with Gasteiger partial charge in [-0.15, -0.1) is 0 Å². The van der Waals surface area contributed by atoms with Gasteiger partial charge in [0.25, 0.3) is 5.56 Å². The molecule has 0 spiro atoms. The molecule has 0 aromatic carbocycles. The molecule has 0 saturated carbocycles. The summed E-state index contributed by atoms with van der Waals surface area (Å²) in [7, 11) is 0. The smallest absolute Gasteiger partial charge is 0.328 e. The first kappa shape index (κ1) is 17.7. The molecule has 0 aliphatic carbocycles. The number of hydrogen-bond donors (Lipinski definition) is 1. The first-order chi connectivity index (χ1) is 10.8. The minimum absolute atomic E-state index is 0.177. The highest BCUT2D eigenvalue weighted by Crippen LogP contribution is 2.18. The summed E-state index contributed by atoms with van der Waals surface area (Å²) in [5.41, 5.74) is 2.04. The van der Waals surface area contributed by atoms with E-state index in [-0.39, 0.29) is 11.5 Å².